The molecule has 3 aromatic carbocycles. The maximum atomic E-state index is 13.1. The van der Waals surface area contributed by atoms with E-state index < -0.39 is 49.3 Å². The smallest absolute Gasteiger partial charge is 0.417 e. The van der Waals surface area contributed by atoms with E-state index in [1.165, 1.54) is 37.3 Å². The van der Waals surface area contributed by atoms with E-state index in [-0.39, 0.29) is 34.5 Å². The van der Waals surface area contributed by atoms with Crippen molar-refractivity contribution in [1.29, 1.82) is 0 Å². The average molecular weight is 620 g/mol. The lowest BCUT2D eigenvalue weighted by Crippen LogP contribution is -2.39. The normalized spacial score (nSPS) is 13.1. The first-order valence-corrected chi connectivity index (χ1v) is 14.9. The van der Waals surface area contributed by atoms with E-state index in [1.54, 1.807) is 0 Å². The Hall–Kier alpha value is -3.69. The Morgan fingerprint density at radius 3 is 2.25 bits per heavy atom. The first-order valence-electron chi connectivity index (χ1n) is 11.4. The van der Waals surface area contributed by atoms with Crippen LogP contribution >= 0.6 is 11.6 Å². The van der Waals surface area contributed by atoms with Crippen LogP contribution in [0.15, 0.2) is 65.6 Å². The zero-order chi connectivity index (χ0) is 29.3. The third kappa shape index (κ3) is 6.54. The summed E-state index contributed by atoms with van der Waals surface area (Å²) in [5, 5.41) is 1.91. The van der Waals surface area contributed by atoms with E-state index in [0.29, 0.717) is 17.6 Å². The zero-order valence-corrected chi connectivity index (χ0v) is 22.9. The molecule has 0 fully saturated rings. The molecule has 1 heterocycles. The number of nitrogens with zero attached hydrogens (tertiary/aromatic N) is 1. The van der Waals surface area contributed by atoms with Gasteiger partial charge < -0.3 is 14.8 Å². The van der Waals surface area contributed by atoms with E-state index in [2.05, 4.69) is 10.0 Å². The molecule has 16 heteroatoms. The van der Waals surface area contributed by atoms with Crippen molar-refractivity contribution in [2.24, 2.45) is 0 Å². The summed E-state index contributed by atoms with van der Waals surface area (Å²) in [5.74, 6) is -0.243. The molecule has 3 aromatic rings. The number of fused-ring (bicyclic) bond motifs is 1. The van der Waals surface area contributed by atoms with Crippen LogP contribution in [0.3, 0.4) is 0 Å². The Morgan fingerprint density at radius 1 is 0.950 bits per heavy atom. The van der Waals surface area contributed by atoms with Gasteiger partial charge in [-0.1, -0.05) is 11.6 Å². The van der Waals surface area contributed by atoms with Crippen molar-refractivity contribution in [1.82, 2.24) is 0 Å². The first-order chi connectivity index (χ1) is 18.7. The average Bonchev–Trinajstić information content (AvgIpc) is 3.36. The number of sulfonamides is 2. The standard InChI is InChI=1S/C24H21ClF3N3O7S2/c1-2-39(33,34)31(17-6-10-21-22(12-17)38-14-37-21)13-23(32)29-15-3-7-18(8-4-15)40(35,36)30-16-5-9-20(25)19(11-16)24(26,27)28/h3-12,30H,2,13-14H2,1H3,(H,29,32). The van der Waals surface area contributed by atoms with Crippen LogP contribution in [0.2, 0.25) is 5.02 Å². The van der Waals surface area contributed by atoms with Gasteiger partial charge in [0.15, 0.2) is 11.5 Å². The lowest BCUT2D eigenvalue weighted by molar-refractivity contribution is -0.137. The summed E-state index contributed by atoms with van der Waals surface area (Å²) in [4.78, 5) is 12.4. The molecule has 0 unspecified atom stereocenters. The van der Waals surface area contributed by atoms with Crippen LogP contribution < -0.4 is 23.8 Å². The largest absolute Gasteiger partial charge is 0.454 e. The molecule has 40 heavy (non-hydrogen) atoms. The molecule has 1 aliphatic heterocycles. The number of carbonyl (C=O) groups is 1. The molecule has 0 aromatic heterocycles. The number of rotatable bonds is 9. The minimum atomic E-state index is -4.78. The van der Waals surface area contributed by atoms with Crippen molar-refractivity contribution in [3.05, 3.63) is 71.2 Å². The predicted molar refractivity (Wildman–Crippen MR) is 142 cm³/mol. The van der Waals surface area contributed by atoms with E-state index in [0.717, 1.165) is 28.6 Å². The fourth-order valence-electron chi connectivity index (χ4n) is 3.61. The van der Waals surface area contributed by atoms with Crippen molar-refractivity contribution in [3.8, 4) is 11.5 Å². The monoisotopic (exact) mass is 619 g/mol. The molecule has 0 aliphatic carbocycles. The number of nitrogens with one attached hydrogen (secondary N) is 2. The lowest BCUT2D eigenvalue weighted by atomic mass is 10.2. The van der Waals surface area contributed by atoms with Gasteiger partial charge in [0, 0.05) is 17.4 Å². The second-order valence-electron chi connectivity index (χ2n) is 8.32. The number of anilines is 3. The quantitative estimate of drug-likeness (QED) is 0.355. The number of halogens is 4. The highest BCUT2D eigenvalue weighted by Gasteiger charge is 2.34. The summed E-state index contributed by atoms with van der Waals surface area (Å²) >= 11 is 5.57. The van der Waals surface area contributed by atoms with Gasteiger partial charge in [0.25, 0.3) is 10.0 Å². The van der Waals surface area contributed by atoms with Crippen molar-refractivity contribution < 1.29 is 44.3 Å². The fourth-order valence-corrected chi connectivity index (χ4v) is 5.95. The van der Waals surface area contributed by atoms with Gasteiger partial charge in [-0.3, -0.25) is 13.8 Å². The minimum Gasteiger partial charge on any atom is -0.454 e. The number of alkyl halides is 3. The van der Waals surface area contributed by atoms with Gasteiger partial charge in [0.2, 0.25) is 22.7 Å². The zero-order valence-electron chi connectivity index (χ0n) is 20.5. The summed E-state index contributed by atoms with van der Waals surface area (Å²) in [6.07, 6.45) is -4.78. The maximum Gasteiger partial charge on any atom is 0.417 e. The third-order valence-corrected chi connectivity index (χ3v) is 9.07. The Kier molecular flexibility index (Phi) is 8.10. The number of hydrogen-bond acceptors (Lipinski definition) is 7. The SMILES string of the molecule is CCS(=O)(=O)N(CC(=O)Nc1ccc(S(=O)(=O)Nc2ccc(Cl)c(C(F)(F)F)c2)cc1)c1ccc2c(c1)OCO2. The minimum absolute atomic E-state index is 0.0185. The van der Waals surface area contributed by atoms with Gasteiger partial charge in [-0.2, -0.15) is 13.2 Å². The molecule has 214 valence electrons. The molecular weight excluding hydrogens is 599 g/mol. The predicted octanol–water partition coefficient (Wildman–Crippen LogP) is 4.68. The van der Waals surface area contributed by atoms with Crippen LogP contribution in [-0.4, -0.2) is 41.8 Å². The fraction of sp³-hybridized carbons (Fsp3) is 0.208. The van der Waals surface area contributed by atoms with Crippen LogP contribution in [0.1, 0.15) is 12.5 Å². The lowest BCUT2D eigenvalue weighted by Gasteiger charge is -2.23. The van der Waals surface area contributed by atoms with Crippen molar-refractivity contribution in [2.45, 2.75) is 18.0 Å². The van der Waals surface area contributed by atoms with Crippen LogP contribution in [0.25, 0.3) is 0 Å². The summed E-state index contributed by atoms with van der Waals surface area (Å²) < 4.78 is 104. The molecule has 0 saturated heterocycles. The summed E-state index contributed by atoms with van der Waals surface area (Å²) in [7, 11) is -8.18. The highest BCUT2D eigenvalue weighted by molar-refractivity contribution is 7.93. The molecule has 1 amide bonds. The first kappa shape index (κ1) is 29.3. The van der Waals surface area contributed by atoms with E-state index in [9.17, 15) is 34.8 Å². The van der Waals surface area contributed by atoms with Crippen LogP contribution in [-0.2, 0) is 31.0 Å². The Morgan fingerprint density at radius 2 is 1.60 bits per heavy atom. The molecule has 0 spiro atoms. The van der Waals surface area contributed by atoms with Crippen molar-refractivity contribution in [3.63, 3.8) is 0 Å². The highest BCUT2D eigenvalue weighted by atomic mass is 35.5. The van der Waals surface area contributed by atoms with Gasteiger partial charge in [0.05, 0.1) is 26.9 Å². The van der Waals surface area contributed by atoms with E-state index >= 15 is 0 Å². The van der Waals surface area contributed by atoms with Gasteiger partial charge in [0.1, 0.15) is 6.54 Å². The van der Waals surface area contributed by atoms with Gasteiger partial charge in [-0.05, 0) is 61.5 Å². The number of carbonyl (C=O) groups excluding carboxylic acids is 1. The second-order valence-corrected chi connectivity index (χ2v) is 12.6. The molecule has 2 N–H and O–H groups in total. The topological polar surface area (TPSA) is 131 Å². The van der Waals surface area contributed by atoms with Gasteiger partial charge >= 0.3 is 6.18 Å². The third-order valence-electron chi connectivity index (χ3n) is 5.60. The van der Waals surface area contributed by atoms with Crippen LogP contribution in [0.4, 0.5) is 30.2 Å². The van der Waals surface area contributed by atoms with E-state index in [1.807, 2.05) is 0 Å². The van der Waals surface area contributed by atoms with Crippen molar-refractivity contribution >= 4 is 54.6 Å². The Bertz CT molecular complexity index is 1650. The van der Waals surface area contributed by atoms with Crippen molar-refractivity contribution in [2.75, 3.05) is 33.4 Å². The Labute approximate surface area is 232 Å². The molecule has 0 radical (unpaired) electrons. The Balaban J connectivity index is 1.47. The number of amides is 1. The second kappa shape index (κ2) is 11.1. The van der Waals surface area contributed by atoms with E-state index in [4.69, 9.17) is 21.1 Å². The van der Waals surface area contributed by atoms with Crippen LogP contribution in [0.5, 0.6) is 11.5 Å². The van der Waals surface area contributed by atoms with Gasteiger partial charge in [-0.15, -0.1) is 0 Å². The van der Waals surface area contributed by atoms with Gasteiger partial charge in [-0.25, -0.2) is 16.8 Å². The molecule has 0 saturated carbocycles. The molecular formula is C24H21ClF3N3O7S2. The summed E-state index contributed by atoms with van der Waals surface area (Å²) in [6, 6.07) is 11.7. The van der Waals surface area contributed by atoms with Crippen LogP contribution in [0, 0.1) is 0 Å². The summed E-state index contributed by atoms with van der Waals surface area (Å²) in [5.41, 5.74) is -1.22. The molecule has 4 rings (SSSR count). The molecule has 0 atom stereocenters. The number of ether oxygens (including phenoxy) is 2. The summed E-state index contributed by atoms with van der Waals surface area (Å²) in [6.45, 7) is 0.819. The highest BCUT2D eigenvalue weighted by Crippen LogP contribution is 2.37. The number of hydrogen-bond donors (Lipinski definition) is 2. The maximum absolute atomic E-state index is 13.1. The number of benzene rings is 3. The molecule has 1 aliphatic rings. The molecule has 0 bridgehead atoms. The molecule has 10 nitrogen and oxygen atoms in total.